The molecule has 1 aliphatic rings. The van der Waals surface area contributed by atoms with Crippen LogP contribution in [-0.2, 0) is 4.79 Å². The summed E-state index contributed by atoms with van der Waals surface area (Å²) in [6.45, 7) is 0. The molecule has 1 unspecified atom stereocenters. The Bertz CT molecular complexity index is 635. The largest absolute Gasteiger partial charge is 0.621 e. The summed E-state index contributed by atoms with van der Waals surface area (Å²) in [7, 11) is 0. The second-order valence-electron chi connectivity index (χ2n) is 4.07. The molecule has 1 N–H and O–H groups in total. The fourth-order valence-corrected chi connectivity index (χ4v) is 1.99. The number of hydroxylamine groups is 1. The summed E-state index contributed by atoms with van der Waals surface area (Å²) >= 11 is 0. The molecule has 88 valence electrons. The molecule has 2 heterocycles. The van der Waals surface area contributed by atoms with Crippen LogP contribution in [0.15, 0.2) is 48.8 Å². The van der Waals surface area contributed by atoms with Crippen molar-refractivity contribution < 1.29 is 9.86 Å². The molecule has 0 radical (unpaired) electrons. The molecular weight excluding hydrogens is 228 g/mol. The Labute approximate surface area is 104 Å². The van der Waals surface area contributed by atoms with Gasteiger partial charge in [-0.3, -0.25) is 10.0 Å². The van der Waals surface area contributed by atoms with Crippen LogP contribution in [0.5, 0.6) is 0 Å². The molecular formula is C14H10N2O2. The molecule has 1 atom stereocenters. The summed E-state index contributed by atoms with van der Waals surface area (Å²) < 4.78 is 0. The number of aromatic nitrogens is 1. The predicted molar refractivity (Wildman–Crippen MR) is 67.7 cm³/mol. The Hall–Kier alpha value is -2.30. The van der Waals surface area contributed by atoms with E-state index in [9.17, 15) is 10.0 Å². The summed E-state index contributed by atoms with van der Waals surface area (Å²) in [5.74, 6) is -0.461. The average Bonchev–Trinajstić information content (AvgIpc) is 2.44. The molecule has 3 rings (SSSR count). The number of quaternary nitrogens is 1. The second kappa shape index (κ2) is 4.18. The summed E-state index contributed by atoms with van der Waals surface area (Å²) in [5, 5.41) is 11.2. The zero-order valence-corrected chi connectivity index (χ0v) is 9.46. The van der Waals surface area contributed by atoms with E-state index < -0.39 is 11.0 Å². The van der Waals surface area contributed by atoms with Crippen molar-refractivity contribution in [1.82, 2.24) is 4.98 Å². The maximum atomic E-state index is 11.7. The van der Waals surface area contributed by atoms with Crippen molar-refractivity contribution in [3.05, 3.63) is 59.6 Å². The first-order valence-electron chi connectivity index (χ1n) is 5.57. The van der Waals surface area contributed by atoms with Crippen LogP contribution in [0.25, 0.3) is 17.2 Å². The molecule has 1 aromatic carbocycles. The van der Waals surface area contributed by atoms with Gasteiger partial charge in [0.25, 0.3) is 0 Å². The lowest BCUT2D eigenvalue weighted by molar-refractivity contribution is -0.686. The Kier molecular flexibility index (Phi) is 2.51. The van der Waals surface area contributed by atoms with Crippen molar-refractivity contribution in [2.75, 3.05) is 0 Å². The Morgan fingerprint density at radius 3 is 2.78 bits per heavy atom. The normalized spacial score (nSPS) is 17.6. The van der Waals surface area contributed by atoms with E-state index in [2.05, 4.69) is 4.98 Å². The highest BCUT2D eigenvalue weighted by atomic mass is 16.5. The van der Waals surface area contributed by atoms with Crippen LogP contribution in [-0.4, -0.2) is 10.9 Å². The van der Waals surface area contributed by atoms with E-state index in [0.29, 0.717) is 5.69 Å². The van der Waals surface area contributed by atoms with Gasteiger partial charge in [0.1, 0.15) is 5.69 Å². The number of carbonyl (C=O) groups excluding carboxylic acids is 1. The highest BCUT2D eigenvalue weighted by molar-refractivity contribution is 5.91. The Morgan fingerprint density at radius 1 is 1.11 bits per heavy atom. The highest BCUT2D eigenvalue weighted by Gasteiger charge is 2.19. The summed E-state index contributed by atoms with van der Waals surface area (Å²) in [6.07, 6.45) is 6.47. The van der Waals surface area contributed by atoms with Gasteiger partial charge < -0.3 is 5.21 Å². The zero-order valence-electron chi connectivity index (χ0n) is 9.46. The monoisotopic (exact) mass is 238 g/mol. The summed E-state index contributed by atoms with van der Waals surface area (Å²) in [6, 6.07) is 9.24. The van der Waals surface area contributed by atoms with Crippen LogP contribution in [0.1, 0.15) is 5.56 Å². The smallest absolute Gasteiger partial charge is 0.342 e. The van der Waals surface area contributed by atoms with Gasteiger partial charge in [-0.25, -0.2) is 4.79 Å². The number of amides is 1. The van der Waals surface area contributed by atoms with Crippen LogP contribution in [0.2, 0.25) is 0 Å². The van der Waals surface area contributed by atoms with Gasteiger partial charge in [-0.05, 0) is 29.8 Å². The van der Waals surface area contributed by atoms with E-state index in [1.165, 1.54) is 6.08 Å². The van der Waals surface area contributed by atoms with Crippen molar-refractivity contribution >= 4 is 17.7 Å². The number of benzene rings is 1. The second-order valence-corrected chi connectivity index (χ2v) is 4.07. The van der Waals surface area contributed by atoms with Gasteiger partial charge in [0.05, 0.1) is 0 Å². The van der Waals surface area contributed by atoms with Crippen LogP contribution in [0.3, 0.4) is 0 Å². The molecule has 2 aromatic rings. The van der Waals surface area contributed by atoms with E-state index >= 15 is 0 Å². The van der Waals surface area contributed by atoms with Gasteiger partial charge in [-0.15, -0.1) is 0 Å². The van der Waals surface area contributed by atoms with E-state index in [4.69, 9.17) is 0 Å². The van der Waals surface area contributed by atoms with E-state index in [1.807, 2.05) is 24.3 Å². The van der Waals surface area contributed by atoms with E-state index in [1.54, 1.807) is 24.5 Å². The lowest BCUT2D eigenvalue weighted by atomic mass is 10.0. The third-order valence-corrected chi connectivity index (χ3v) is 2.93. The number of hydrogen-bond donors (Lipinski definition) is 1. The molecule has 1 aromatic heterocycles. The average molecular weight is 238 g/mol. The molecule has 18 heavy (non-hydrogen) atoms. The lowest BCUT2D eigenvalue weighted by Crippen LogP contribution is -3.05. The van der Waals surface area contributed by atoms with Gasteiger partial charge in [0, 0.05) is 35.7 Å². The van der Waals surface area contributed by atoms with Gasteiger partial charge in [-0.1, -0.05) is 6.07 Å². The maximum Gasteiger partial charge on any atom is 0.342 e. The molecule has 0 aliphatic carbocycles. The number of fused-ring (bicyclic) bond motifs is 1. The van der Waals surface area contributed by atoms with Crippen molar-refractivity contribution in [3.8, 4) is 11.1 Å². The zero-order chi connectivity index (χ0) is 12.5. The summed E-state index contributed by atoms with van der Waals surface area (Å²) in [4.78, 5) is 15.3. The first-order chi connectivity index (χ1) is 8.75. The number of nitrogens with one attached hydrogen (secondary N) is 1. The quantitative estimate of drug-likeness (QED) is 0.762. The van der Waals surface area contributed by atoms with Crippen molar-refractivity contribution in [3.63, 3.8) is 0 Å². The summed E-state index contributed by atoms with van der Waals surface area (Å²) in [5.41, 5.74) is 3.21. The van der Waals surface area contributed by atoms with Crippen LogP contribution >= 0.6 is 0 Å². The fourth-order valence-electron chi connectivity index (χ4n) is 1.99. The number of carbonyl (C=O) groups is 1. The van der Waals surface area contributed by atoms with Crippen molar-refractivity contribution in [2.45, 2.75) is 0 Å². The Balaban J connectivity index is 2.09. The first kappa shape index (κ1) is 10.8. The standard InChI is InChI=1S/C14H10N2O2/c17-14-6-4-11-8-10(3-5-13(11)16(14)18)12-2-1-7-15-9-12/h1-9,16H. The van der Waals surface area contributed by atoms with Crippen LogP contribution < -0.4 is 5.06 Å². The molecule has 1 aliphatic heterocycles. The lowest BCUT2D eigenvalue weighted by Gasteiger charge is -2.22. The molecule has 4 nitrogen and oxygen atoms in total. The molecule has 0 saturated carbocycles. The topological polar surface area (TPSA) is 57.5 Å². The van der Waals surface area contributed by atoms with Gasteiger partial charge in [0.2, 0.25) is 0 Å². The molecule has 0 spiro atoms. The van der Waals surface area contributed by atoms with E-state index in [-0.39, 0.29) is 0 Å². The molecule has 0 fully saturated rings. The number of hydrogen-bond acceptors (Lipinski definition) is 3. The minimum Gasteiger partial charge on any atom is -0.621 e. The minimum absolute atomic E-state index is 0.440. The van der Waals surface area contributed by atoms with Gasteiger partial charge in [-0.2, -0.15) is 0 Å². The molecule has 0 saturated heterocycles. The third kappa shape index (κ3) is 1.73. The molecule has 4 heteroatoms. The minimum atomic E-state index is -0.461. The Morgan fingerprint density at radius 2 is 2.00 bits per heavy atom. The van der Waals surface area contributed by atoms with Crippen molar-refractivity contribution in [2.24, 2.45) is 0 Å². The van der Waals surface area contributed by atoms with Gasteiger partial charge in [0.15, 0.2) is 0 Å². The maximum absolute atomic E-state index is 11.7. The molecule has 0 bridgehead atoms. The highest BCUT2D eigenvalue weighted by Crippen LogP contribution is 2.25. The fraction of sp³-hybridized carbons (Fsp3) is 0. The number of nitrogens with zero attached hydrogens (tertiary/aromatic N) is 1. The van der Waals surface area contributed by atoms with Gasteiger partial charge >= 0.3 is 5.91 Å². The number of rotatable bonds is 1. The third-order valence-electron chi connectivity index (χ3n) is 2.93. The van der Waals surface area contributed by atoms with E-state index in [0.717, 1.165) is 16.7 Å². The first-order valence-corrected chi connectivity index (χ1v) is 5.57. The van der Waals surface area contributed by atoms with Crippen LogP contribution in [0.4, 0.5) is 5.69 Å². The van der Waals surface area contributed by atoms with Crippen LogP contribution in [0, 0.1) is 5.21 Å². The van der Waals surface area contributed by atoms with Crippen molar-refractivity contribution in [1.29, 1.82) is 0 Å². The SMILES string of the molecule is O=C1C=Cc2cc(-c3cccnc3)ccc2[NH+]1[O-]. The molecule has 1 amide bonds. The number of pyridine rings is 1. The predicted octanol–water partition coefficient (Wildman–Crippen LogP) is 1.32.